The molecule has 1 aromatic rings. The second-order valence-electron chi connectivity index (χ2n) is 4.99. The zero-order chi connectivity index (χ0) is 20.6. The van der Waals surface area contributed by atoms with Crippen LogP contribution < -0.4 is 16.1 Å². The topological polar surface area (TPSA) is 141 Å². The number of hydrogen-bond acceptors (Lipinski definition) is 10. The summed E-state index contributed by atoms with van der Waals surface area (Å²) in [5, 5.41) is 4.53. The zero-order valence-electron chi connectivity index (χ0n) is 14.4. The third-order valence-electron chi connectivity index (χ3n) is 3.16. The summed E-state index contributed by atoms with van der Waals surface area (Å²) in [6, 6.07) is -0.479. The van der Waals surface area contributed by atoms with Crippen LogP contribution in [0.5, 0.6) is 0 Å². The first-order valence-electron chi connectivity index (χ1n) is 7.41. The van der Waals surface area contributed by atoms with Crippen molar-refractivity contribution in [1.82, 2.24) is 10.6 Å². The van der Waals surface area contributed by atoms with Crippen molar-refractivity contribution in [2.24, 2.45) is 0 Å². The van der Waals surface area contributed by atoms with Gasteiger partial charge in [0.1, 0.15) is 12.1 Å². The Morgan fingerprint density at radius 1 is 0.926 bits per heavy atom. The average molecular weight is 418 g/mol. The van der Waals surface area contributed by atoms with Crippen molar-refractivity contribution < 1.29 is 33.1 Å². The summed E-state index contributed by atoms with van der Waals surface area (Å²) in [4.78, 5) is 59.2. The number of rotatable bonds is 8. The monoisotopic (exact) mass is 418 g/mol. The second kappa shape index (κ2) is 10.6. The Morgan fingerprint density at radius 2 is 1.30 bits per heavy atom. The Balaban J connectivity index is 3.04. The minimum absolute atomic E-state index is 0.0639. The Kier molecular flexibility index (Phi) is 8.88. The van der Waals surface area contributed by atoms with Crippen LogP contribution in [-0.4, -0.2) is 61.6 Å². The molecule has 2 unspecified atom stereocenters. The predicted octanol–water partition coefficient (Wildman–Crippen LogP) is -0.958. The normalized spacial score (nSPS) is 12.4. The number of nitrogens with one attached hydrogen (secondary N) is 2. The number of carbonyl (C=O) groups is 4. The fourth-order valence-corrected chi connectivity index (χ4v) is 2.28. The first-order chi connectivity index (χ1) is 12.8. The second-order valence-corrected chi connectivity index (χ2v) is 5.72. The number of hydrogen-bond donors (Lipinski definition) is 4. The molecule has 0 aliphatic heterocycles. The molecule has 27 heavy (non-hydrogen) atoms. The summed E-state index contributed by atoms with van der Waals surface area (Å²) in [5.74, 6) is -4.49. The maximum atomic E-state index is 12.2. The van der Waals surface area contributed by atoms with Crippen molar-refractivity contribution >= 4 is 49.0 Å². The fraction of sp³-hybridized carbons (Fsp3) is 0.400. The van der Waals surface area contributed by atoms with E-state index in [2.05, 4.69) is 45.4 Å². The summed E-state index contributed by atoms with van der Waals surface area (Å²) in [6.45, 7) is 0. The lowest BCUT2D eigenvalue weighted by molar-refractivity contribution is -0.143. The van der Waals surface area contributed by atoms with Crippen LogP contribution in [0.1, 0.15) is 21.1 Å². The number of ether oxygens (including phenoxy) is 2. The fourth-order valence-electron chi connectivity index (χ4n) is 1.80. The van der Waals surface area contributed by atoms with Gasteiger partial charge in [-0.2, -0.15) is 25.3 Å². The summed E-state index contributed by atoms with van der Waals surface area (Å²) in [5.41, 5.74) is -0.697. The van der Waals surface area contributed by atoms with Gasteiger partial charge in [-0.3, -0.25) is 14.4 Å². The first-order valence-corrected chi connectivity index (χ1v) is 8.68. The van der Waals surface area contributed by atoms with E-state index < -0.39 is 52.8 Å². The van der Waals surface area contributed by atoms with E-state index in [1.807, 2.05) is 0 Å². The van der Waals surface area contributed by atoms with Gasteiger partial charge >= 0.3 is 11.9 Å². The minimum Gasteiger partial charge on any atom is -0.467 e. The van der Waals surface area contributed by atoms with Gasteiger partial charge in [-0.1, -0.05) is 0 Å². The van der Waals surface area contributed by atoms with Crippen LogP contribution in [0, 0.1) is 0 Å². The molecule has 0 saturated heterocycles. The van der Waals surface area contributed by atoms with Gasteiger partial charge in [0.15, 0.2) is 16.9 Å². The minimum atomic E-state index is -1.08. The number of methoxy groups -OCH3 is 2. The van der Waals surface area contributed by atoms with Gasteiger partial charge in [0.25, 0.3) is 11.8 Å². The van der Waals surface area contributed by atoms with Crippen molar-refractivity contribution in [3.05, 3.63) is 33.9 Å². The van der Waals surface area contributed by atoms with Gasteiger partial charge in [0.2, 0.25) is 0 Å². The largest absolute Gasteiger partial charge is 0.467 e. The van der Waals surface area contributed by atoms with E-state index in [4.69, 9.17) is 4.42 Å². The molecule has 0 fully saturated rings. The highest BCUT2D eigenvalue weighted by molar-refractivity contribution is 7.80. The molecule has 2 atom stereocenters. The molecule has 0 aliphatic carbocycles. The highest BCUT2D eigenvalue weighted by Crippen LogP contribution is 2.05. The van der Waals surface area contributed by atoms with Crippen molar-refractivity contribution in [3.63, 3.8) is 0 Å². The number of amides is 2. The summed E-state index contributed by atoms with van der Waals surface area (Å²) in [6.07, 6.45) is 0. The molecule has 1 rings (SSSR count). The van der Waals surface area contributed by atoms with E-state index in [9.17, 15) is 24.0 Å². The third kappa shape index (κ3) is 6.32. The van der Waals surface area contributed by atoms with E-state index >= 15 is 0 Å². The van der Waals surface area contributed by atoms with E-state index in [1.54, 1.807) is 0 Å². The third-order valence-corrected chi connectivity index (χ3v) is 3.89. The van der Waals surface area contributed by atoms with Gasteiger partial charge in [-0.05, 0) is 0 Å². The lowest BCUT2D eigenvalue weighted by Gasteiger charge is -2.15. The van der Waals surface area contributed by atoms with Gasteiger partial charge < -0.3 is 24.5 Å². The predicted molar refractivity (Wildman–Crippen MR) is 99.2 cm³/mol. The summed E-state index contributed by atoms with van der Waals surface area (Å²) < 4.78 is 14.1. The van der Waals surface area contributed by atoms with E-state index in [0.717, 1.165) is 26.4 Å². The number of thiol groups is 2. The van der Waals surface area contributed by atoms with Crippen molar-refractivity contribution in [2.75, 3.05) is 25.7 Å². The van der Waals surface area contributed by atoms with Crippen LogP contribution in [0.2, 0.25) is 0 Å². The lowest BCUT2D eigenvalue weighted by atomic mass is 10.2. The molecule has 12 heteroatoms. The molecule has 0 spiro atoms. The van der Waals surface area contributed by atoms with Crippen LogP contribution in [0.4, 0.5) is 0 Å². The molecule has 10 nitrogen and oxygen atoms in total. The Hall–Kier alpha value is -2.47. The van der Waals surface area contributed by atoms with Crippen LogP contribution in [-0.2, 0) is 19.1 Å². The van der Waals surface area contributed by atoms with E-state index in [-0.39, 0.29) is 11.5 Å². The maximum Gasteiger partial charge on any atom is 0.329 e. The van der Waals surface area contributed by atoms with Gasteiger partial charge in [0.05, 0.1) is 14.2 Å². The van der Waals surface area contributed by atoms with Crippen molar-refractivity contribution in [2.45, 2.75) is 12.1 Å². The molecule has 0 aliphatic rings. The SMILES string of the molecule is COC(=O)C(CS)NC(=O)c1cc(=O)cc(C(=O)NC(CS)C(=O)OC)o1. The van der Waals surface area contributed by atoms with Crippen LogP contribution in [0.3, 0.4) is 0 Å². The molecular formula is C15H18N2O8S2. The van der Waals surface area contributed by atoms with E-state index in [0.29, 0.717) is 0 Å². The summed E-state index contributed by atoms with van der Waals surface area (Å²) in [7, 11) is 2.27. The molecule has 0 bridgehead atoms. The lowest BCUT2D eigenvalue weighted by Crippen LogP contribution is -2.44. The Bertz CT molecular complexity index is 720. The quantitative estimate of drug-likeness (QED) is 0.313. The smallest absolute Gasteiger partial charge is 0.329 e. The van der Waals surface area contributed by atoms with Crippen molar-refractivity contribution in [1.29, 1.82) is 0 Å². The number of esters is 2. The van der Waals surface area contributed by atoms with Crippen LogP contribution in [0.15, 0.2) is 21.3 Å². The number of carbonyl (C=O) groups excluding carboxylic acids is 4. The Morgan fingerprint density at radius 3 is 1.59 bits per heavy atom. The van der Waals surface area contributed by atoms with Gasteiger partial charge in [-0.25, -0.2) is 9.59 Å². The van der Waals surface area contributed by atoms with E-state index in [1.165, 1.54) is 0 Å². The molecular weight excluding hydrogens is 400 g/mol. The maximum absolute atomic E-state index is 12.2. The molecule has 0 radical (unpaired) electrons. The molecule has 148 valence electrons. The molecule has 0 aromatic carbocycles. The molecule has 1 aromatic heterocycles. The summed E-state index contributed by atoms with van der Waals surface area (Å²) >= 11 is 7.85. The highest BCUT2D eigenvalue weighted by Gasteiger charge is 2.25. The first kappa shape index (κ1) is 22.6. The molecule has 1 heterocycles. The Labute approximate surface area is 164 Å². The van der Waals surface area contributed by atoms with Crippen LogP contribution >= 0.6 is 25.3 Å². The molecule has 2 amide bonds. The van der Waals surface area contributed by atoms with Gasteiger partial charge in [0, 0.05) is 23.6 Å². The highest BCUT2D eigenvalue weighted by atomic mass is 32.1. The molecule has 0 saturated carbocycles. The van der Waals surface area contributed by atoms with Crippen molar-refractivity contribution in [3.8, 4) is 0 Å². The van der Waals surface area contributed by atoms with Gasteiger partial charge in [-0.15, -0.1) is 0 Å². The zero-order valence-corrected chi connectivity index (χ0v) is 16.2. The molecule has 2 N–H and O–H groups in total. The van der Waals surface area contributed by atoms with Crippen LogP contribution in [0.25, 0.3) is 0 Å². The average Bonchev–Trinajstić information content (AvgIpc) is 2.67. The standard InChI is InChI=1S/C15H18N2O8S2/c1-23-14(21)8(5-26)16-12(19)10-3-7(18)4-11(25-10)13(20)17-9(6-27)15(22)24-2/h3-4,8-9,26-27H,5-6H2,1-2H3,(H,16,19)(H,17,20).